The Morgan fingerprint density at radius 2 is 1.96 bits per heavy atom. The number of ether oxygens (including phenoxy) is 2. The monoisotopic (exact) mass is 378 g/mol. The van der Waals surface area contributed by atoms with Gasteiger partial charge < -0.3 is 13.9 Å². The number of hydrogen-bond donors (Lipinski definition) is 0. The summed E-state index contributed by atoms with van der Waals surface area (Å²) in [6.07, 6.45) is 0. The minimum atomic E-state index is -0.637. The maximum Gasteiger partial charge on any atom is 0.340 e. The third kappa shape index (κ3) is 3.62. The lowest BCUT2D eigenvalue weighted by Crippen LogP contribution is -2.08. The molecule has 0 aliphatic rings. The molecule has 0 bridgehead atoms. The van der Waals surface area contributed by atoms with Crippen LogP contribution in [0.5, 0.6) is 5.75 Å². The fourth-order valence-corrected chi connectivity index (χ4v) is 2.72. The second-order valence-electron chi connectivity index (χ2n) is 5.13. The van der Waals surface area contributed by atoms with Gasteiger partial charge in [-0.1, -0.05) is 29.3 Å². The summed E-state index contributed by atoms with van der Waals surface area (Å²) in [5.41, 5.74) is 0.467. The molecule has 128 valence electrons. The molecule has 1 heterocycles. The Morgan fingerprint density at radius 1 is 1.16 bits per heavy atom. The number of benzene rings is 2. The zero-order chi connectivity index (χ0) is 18.0. The molecule has 0 amide bonds. The van der Waals surface area contributed by atoms with E-state index in [0.717, 1.165) is 0 Å². The Balaban J connectivity index is 1.89. The van der Waals surface area contributed by atoms with Gasteiger partial charge in [0, 0.05) is 23.1 Å². The van der Waals surface area contributed by atoms with Crippen molar-refractivity contribution in [3.8, 4) is 5.75 Å². The summed E-state index contributed by atoms with van der Waals surface area (Å²) < 4.78 is 15.5. The van der Waals surface area contributed by atoms with Gasteiger partial charge in [0.05, 0.1) is 22.7 Å². The topological polar surface area (TPSA) is 65.7 Å². The Labute approximate surface area is 152 Å². The largest absolute Gasteiger partial charge is 0.497 e. The fraction of sp³-hybridized carbons (Fsp3) is 0.111. The predicted molar refractivity (Wildman–Crippen MR) is 94.6 cm³/mol. The zero-order valence-electron chi connectivity index (χ0n) is 13.0. The number of halogens is 2. The lowest BCUT2D eigenvalue weighted by molar-refractivity contribution is 0.0474. The highest BCUT2D eigenvalue weighted by Gasteiger charge is 2.15. The molecular formula is C18H12Cl2O5. The summed E-state index contributed by atoms with van der Waals surface area (Å²) in [7, 11) is 1.51. The molecule has 0 spiro atoms. The summed E-state index contributed by atoms with van der Waals surface area (Å²) in [6, 6.07) is 11.0. The second kappa shape index (κ2) is 7.17. The number of fused-ring (bicyclic) bond motifs is 1. The first-order valence-electron chi connectivity index (χ1n) is 7.21. The summed E-state index contributed by atoms with van der Waals surface area (Å²) in [4.78, 5) is 24.0. The smallest absolute Gasteiger partial charge is 0.340 e. The van der Waals surface area contributed by atoms with Crippen LogP contribution >= 0.6 is 23.2 Å². The van der Waals surface area contributed by atoms with Crippen molar-refractivity contribution in [3.05, 3.63) is 74.1 Å². The molecule has 5 nitrogen and oxygen atoms in total. The van der Waals surface area contributed by atoms with E-state index >= 15 is 0 Å². The minimum absolute atomic E-state index is 0.115. The highest BCUT2D eigenvalue weighted by atomic mass is 35.5. The van der Waals surface area contributed by atoms with Gasteiger partial charge in [-0.25, -0.2) is 9.59 Å². The SMILES string of the molecule is COc1ccc2c(COC(=O)c3cccc(Cl)c3Cl)cc(=O)oc2c1. The first kappa shape index (κ1) is 17.3. The van der Waals surface area contributed by atoms with E-state index < -0.39 is 11.6 Å². The molecular weight excluding hydrogens is 367 g/mol. The van der Waals surface area contributed by atoms with Crippen LogP contribution in [0.25, 0.3) is 11.0 Å². The van der Waals surface area contributed by atoms with Crippen molar-refractivity contribution in [2.24, 2.45) is 0 Å². The van der Waals surface area contributed by atoms with Gasteiger partial charge in [0.1, 0.15) is 17.9 Å². The maximum atomic E-state index is 12.2. The Kier molecular flexibility index (Phi) is 4.97. The molecule has 0 saturated carbocycles. The van der Waals surface area contributed by atoms with E-state index in [1.807, 2.05) is 0 Å². The van der Waals surface area contributed by atoms with E-state index in [2.05, 4.69) is 0 Å². The van der Waals surface area contributed by atoms with E-state index in [1.54, 1.807) is 30.3 Å². The van der Waals surface area contributed by atoms with E-state index in [9.17, 15) is 9.59 Å². The Morgan fingerprint density at radius 3 is 2.72 bits per heavy atom. The van der Waals surface area contributed by atoms with Crippen LogP contribution in [0.1, 0.15) is 15.9 Å². The van der Waals surface area contributed by atoms with Crippen LogP contribution in [0.15, 0.2) is 51.7 Å². The van der Waals surface area contributed by atoms with Gasteiger partial charge in [0.25, 0.3) is 0 Å². The molecule has 0 radical (unpaired) electrons. The lowest BCUT2D eigenvalue weighted by atomic mass is 10.1. The Hall–Kier alpha value is -2.50. The molecule has 0 fully saturated rings. The molecule has 0 aliphatic carbocycles. The van der Waals surface area contributed by atoms with Crippen LogP contribution in [0.2, 0.25) is 10.0 Å². The van der Waals surface area contributed by atoms with Gasteiger partial charge in [0.15, 0.2) is 0 Å². The third-order valence-corrected chi connectivity index (χ3v) is 4.39. The number of esters is 1. The highest BCUT2D eigenvalue weighted by molar-refractivity contribution is 6.43. The third-order valence-electron chi connectivity index (χ3n) is 3.57. The summed E-state index contributed by atoms with van der Waals surface area (Å²) in [5, 5.41) is 1.02. The quantitative estimate of drug-likeness (QED) is 0.495. The predicted octanol–water partition coefficient (Wildman–Crippen LogP) is 4.47. The summed E-state index contributed by atoms with van der Waals surface area (Å²) in [6.45, 7) is -0.115. The second-order valence-corrected chi connectivity index (χ2v) is 5.92. The van der Waals surface area contributed by atoms with Crippen LogP contribution in [0, 0.1) is 0 Å². The molecule has 1 aromatic heterocycles. The molecule has 3 aromatic rings. The van der Waals surface area contributed by atoms with Crippen molar-refractivity contribution in [1.82, 2.24) is 0 Å². The molecule has 0 unspecified atom stereocenters. The van der Waals surface area contributed by atoms with E-state index in [-0.39, 0.29) is 22.2 Å². The first-order chi connectivity index (χ1) is 12.0. The van der Waals surface area contributed by atoms with E-state index in [4.69, 9.17) is 37.1 Å². The maximum absolute atomic E-state index is 12.2. The molecule has 25 heavy (non-hydrogen) atoms. The molecule has 0 aliphatic heterocycles. The zero-order valence-corrected chi connectivity index (χ0v) is 14.6. The van der Waals surface area contributed by atoms with Crippen molar-refractivity contribution >= 4 is 40.1 Å². The van der Waals surface area contributed by atoms with Crippen molar-refractivity contribution in [1.29, 1.82) is 0 Å². The van der Waals surface area contributed by atoms with Crippen molar-refractivity contribution in [2.45, 2.75) is 6.61 Å². The number of rotatable bonds is 4. The van der Waals surface area contributed by atoms with Gasteiger partial charge in [-0.3, -0.25) is 0 Å². The molecule has 2 aromatic carbocycles. The highest BCUT2D eigenvalue weighted by Crippen LogP contribution is 2.27. The summed E-state index contributed by atoms with van der Waals surface area (Å²) in [5.74, 6) is -0.0853. The number of hydrogen-bond acceptors (Lipinski definition) is 5. The number of carbonyl (C=O) groups is 1. The van der Waals surface area contributed by atoms with Crippen LogP contribution in [0.4, 0.5) is 0 Å². The fourth-order valence-electron chi connectivity index (χ4n) is 2.34. The Bertz CT molecular complexity index is 1010. The standard InChI is InChI=1S/C18H12Cl2O5/c1-23-11-5-6-12-10(7-16(21)25-15(12)8-11)9-24-18(22)13-3-2-4-14(19)17(13)20/h2-8H,9H2,1H3. The van der Waals surface area contributed by atoms with Crippen molar-refractivity contribution in [2.75, 3.05) is 7.11 Å². The van der Waals surface area contributed by atoms with Crippen LogP contribution in [0.3, 0.4) is 0 Å². The normalized spacial score (nSPS) is 10.7. The van der Waals surface area contributed by atoms with Crippen molar-refractivity contribution < 1.29 is 18.7 Å². The van der Waals surface area contributed by atoms with E-state index in [1.165, 1.54) is 19.2 Å². The van der Waals surface area contributed by atoms with Gasteiger partial charge >= 0.3 is 11.6 Å². The van der Waals surface area contributed by atoms with Crippen LogP contribution in [-0.2, 0) is 11.3 Å². The molecule has 7 heteroatoms. The first-order valence-corrected chi connectivity index (χ1v) is 7.97. The number of carbonyl (C=O) groups excluding carboxylic acids is 1. The van der Waals surface area contributed by atoms with Gasteiger partial charge in [-0.05, 0) is 24.3 Å². The molecule has 3 rings (SSSR count). The van der Waals surface area contributed by atoms with Crippen molar-refractivity contribution in [3.63, 3.8) is 0 Å². The van der Waals surface area contributed by atoms with E-state index in [0.29, 0.717) is 22.3 Å². The van der Waals surface area contributed by atoms with Gasteiger partial charge in [-0.2, -0.15) is 0 Å². The minimum Gasteiger partial charge on any atom is -0.497 e. The van der Waals surface area contributed by atoms with Gasteiger partial charge in [-0.15, -0.1) is 0 Å². The summed E-state index contributed by atoms with van der Waals surface area (Å²) >= 11 is 11.9. The van der Waals surface area contributed by atoms with Crippen LogP contribution in [-0.4, -0.2) is 13.1 Å². The lowest BCUT2D eigenvalue weighted by Gasteiger charge is -2.09. The molecule has 0 atom stereocenters. The average Bonchev–Trinajstić information content (AvgIpc) is 2.60. The van der Waals surface area contributed by atoms with Crippen LogP contribution < -0.4 is 10.4 Å². The molecule has 0 saturated heterocycles. The van der Waals surface area contributed by atoms with Gasteiger partial charge in [0.2, 0.25) is 0 Å². The number of methoxy groups -OCH3 is 1. The average molecular weight is 379 g/mol. The molecule has 0 N–H and O–H groups in total.